The van der Waals surface area contributed by atoms with Gasteiger partial charge in [-0.2, -0.15) is 5.10 Å². The lowest BCUT2D eigenvalue weighted by Gasteiger charge is -1.96. The molecule has 0 spiro atoms. The summed E-state index contributed by atoms with van der Waals surface area (Å²) in [6.07, 6.45) is 0. The summed E-state index contributed by atoms with van der Waals surface area (Å²) in [5, 5.41) is 6.76. The van der Waals surface area contributed by atoms with Gasteiger partial charge in [0.15, 0.2) is 0 Å². The van der Waals surface area contributed by atoms with Gasteiger partial charge in [0, 0.05) is 11.3 Å². The average molecular weight is 236 g/mol. The molecule has 94 valence electrons. The van der Waals surface area contributed by atoms with Crippen LogP contribution in [-0.4, -0.2) is 10.2 Å². The number of rotatable bonds is 1. The average Bonchev–Trinajstić information content (AvgIpc) is 2.81. The molecule has 1 N–H and O–H groups in total. The van der Waals surface area contributed by atoms with E-state index in [0.29, 0.717) is 11.3 Å². The standard InChI is InChI=1S/C10H9FN2.2C2H6/c1-7-6-10(13-12-7)8-4-2-3-5-9(8)11;2*1-2/h2-6H,1H3,(H,12,13);2*1-2H3. The minimum absolute atomic E-state index is 0.242. The van der Waals surface area contributed by atoms with Crippen molar-refractivity contribution in [3.05, 3.63) is 41.8 Å². The molecule has 0 aliphatic rings. The highest BCUT2D eigenvalue weighted by Crippen LogP contribution is 2.20. The second-order valence-corrected chi connectivity index (χ2v) is 2.92. The molecule has 0 bridgehead atoms. The maximum Gasteiger partial charge on any atom is 0.132 e. The summed E-state index contributed by atoms with van der Waals surface area (Å²) in [4.78, 5) is 0. The molecule has 1 aromatic carbocycles. The molecule has 1 aromatic heterocycles. The number of aryl methyl sites for hydroxylation is 1. The molecule has 0 aliphatic carbocycles. The van der Waals surface area contributed by atoms with Crippen LogP contribution < -0.4 is 0 Å². The highest BCUT2D eigenvalue weighted by Gasteiger charge is 2.05. The van der Waals surface area contributed by atoms with Gasteiger partial charge in [-0.3, -0.25) is 5.10 Å². The van der Waals surface area contributed by atoms with Gasteiger partial charge in [-0.15, -0.1) is 0 Å². The van der Waals surface area contributed by atoms with Gasteiger partial charge in [-0.25, -0.2) is 4.39 Å². The molecule has 1 heterocycles. The first-order valence-electron chi connectivity index (χ1n) is 6.04. The molecule has 2 aromatic rings. The smallest absolute Gasteiger partial charge is 0.132 e. The molecule has 0 fully saturated rings. The highest BCUT2D eigenvalue weighted by atomic mass is 19.1. The van der Waals surface area contributed by atoms with Crippen molar-refractivity contribution in [1.29, 1.82) is 0 Å². The monoisotopic (exact) mass is 236 g/mol. The molecular weight excluding hydrogens is 215 g/mol. The van der Waals surface area contributed by atoms with E-state index < -0.39 is 0 Å². The highest BCUT2D eigenvalue weighted by molar-refractivity contribution is 5.59. The summed E-state index contributed by atoms with van der Waals surface area (Å²) < 4.78 is 13.2. The first-order chi connectivity index (χ1) is 8.27. The van der Waals surface area contributed by atoms with Gasteiger partial charge in [0.25, 0.3) is 0 Å². The Hall–Kier alpha value is -1.64. The zero-order chi connectivity index (χ0) is 13.3. The predicted octanol–water partition coefficient (Wildman–Crippen LogP) is 4.58. The minimum atomic E-state index is -0.242. The zero-order valence-corrected chi connectivity index (χ0v) is 11.2. The number of nitrogens with zero attached hydrogens (tertiary/aromatic N) is 1. The van der Waals surface area contributed by atoms with Crippen molar-refractivity contribution in [3.63, 3.8) is 0 Å². The molecule has 0 unspecified atom stereocenters. The number of hydrogen-bond acceptors (Lipinski definition) is 1. The van der Waals surface area contributed by atoms with Gasteiger partial charge in [0.05, 0.1) is 5.69 Å². The predicted molar refractivity (Wildman–Crippen MR) is 71.4 cm³/mol. The van der Waals surface area contributed by atoms with E-state index in [2.05, 4.69) is 10.2 Å². The fourth-order valence-corrected chi connectivity index (χ4v) is 1.22. The van der Waals surface area contributed by atoms with E-state index in [0.717, 1.165) is 5.69 Å². The third-order valence-corrected chi connectivity index (χ3v) is 1.86. The quantitative estimate of drug-likeness (QED) is 0.771. The summed E-state index contributed by atoms with van der Waals surface area (Å²) in [5.41, 5.74) is 2.11. The topological polar surface area (TPSA) is 28.7 Å². The van der Waals surface area contributed by atoms with Crippen LogP contribution in [0.15, 0.2) is 30.3 Å². The maximum atomic E-state index is 13.2. The summed E-state index contributed by atoms with van der Waals surface area (Å²) in [5.74, 6) is -0.242. The van der Waals surface area contributed by atoms with Crippen LogP contribution in [0.5, 0.6) is 0 Å². The third-order valence-electron chi connectivity index (χ3n) is 1.86. The van der Waals surface area contributed by atoms with Crippen LogP contribution in [0.1, 0.15) is 33.4 Å². The number of nitrogens with one attached hydrogen (secondary N) is 1. The number of halogens is 1. The summed E-state index contributed by atoms with van der Waals surface area (Å²) >= 11 is 0. The van der Waals surface area contributed by atoms with E-state index in [-0.39, 0.29) is 5.82 Å². The molecular formula is C14H21FN2. The van der Waals surface area contributed by atoms with Crippen molar-refractivity contribution >= 4 is 0 Å². The molecule has 0 saturated heterocycles. The van der Waals surface area contributed by atoms with Crippen LogP contribution in [0.3, 0.4) is 0 Å². The number of aromatic nitrogens is 2. The van der Waals surface area contributed by atoms with Crippen molar-refractivity contribution < 1.29 is 4.39 Å². The molecule has 0 aliphatic heterocycles. The Morgan fingerprint density at radius 3 is 2.12 bits per heavy atom. The SMILES string of the molecule is CC.CC.Cc1cc(-c2ccccc2F)n[nH]1. The van der Waals surface area contributed by atoms with Crippen molar-refractivity contribution in [2.45, 2.75) is 34.6 Å². The largest absolute Gasteiger partial charge is 0.282 e. The van der Waals surface area contributed by atoms with E-state index in [9.17, 15) is 4.39 Å². The Labute approximate surface area is 103 Å². The van der Waals surface area contributed by atoms with E-state index in [4.69, 9.17) is 0 Å². The fraction of sp³-hybridized carbons (Fsp3) is 0.357. The van der Waals surface area contributed by atoms with Crippen LogP contribution in [0.4, 0.5) is 4.39 Å². The molecule has 0 atom stereocenters. The Morgan fingerprint density at radius 2 is 1.65 bits per heavy atom. The number of H-pyrrole nitrogens is 1. The Kier molecular flexibility index (Phi) is 7.68. The van der Waals surface area contributed by atoms with Crippen LogP contribution in [-0.2, 0) is 0 Å². The van der Waals surface area contributed by atoms with Crippen molar-refractivity contribution in [3.8, 4) is 11.3 Å². The third kappa shape index (κ3) is 4.39. The normalized spacial score (nSPS) is 8.59. The number of hydrogen-bond donors (Lipinski definition) is 1. The van der Waals surface area contributed by atoms with Crippen LogP contribution >= 0.6 is 0 Å². The lowest BCUT2D eigenvalue weighted by molar-refractivity contribution is 0.630. The molecule has 0 radical (unpaired) electrons. The molecule has 2 rings (SSSR count). The molecule has 0 amide bonds. The van der Waals surface area contributed by atoms with E-state index >= 15 is 0 Å². The summed E-state index contributed by atoms with van der Waals surface area (Å²) in [6.45, 7) is 9.89. The summed E-state index contributed by atoms with van der Waals surface area (Å²) in [7, 11) is 0. The Balaban J connectivity index is 0.000000581. The van der Waals surface area contributed by atoms with Crippen molar-refractivity contribution in [1.82, 2.24) is 10.2 Å². The number of benzene rings is 1. The number of aromatic amines is 1. The fourth-order valence-electron chi connectivity index (χ4n) is 1.22. The van der Waals surface area contributed by atoms with Crippen LogP contribution in [0.2, 0.25) is 0 Å². The second-order valence-electron chi connectivity index (χ2n) is 2.92. The van der Waals surface area contributed by atoms with Gasteiger partial charge in [-0.05, 0) is 25.1 Å². The molecule has 0 saturated carbocycles. The molecule has 2 nitrogen and oxygen atoms in total. The van der Waals surface area contributed by atoms with E-state index in [1.807, 2.05) is 40.7 Å². The first-order valence-corrected chi connectivity index (χ1v) is 6.04. The lowest BCUT2D eigenvalue weighted by Crippen LogP contribution is -1.82. The van der Waals surface area contributed by atoms with Gasteiger partial charge in [0.2, 0.25) is 0 Å². The van der Waals surface area contributed by atoms with Crippen molar-refractivity contribution in [2.75, 3.05) is 0 Å². The van der Waals surface area contributed by atoms with E-state index in [1.54, 1.807) is 18.2 Å². The summed E-state index contributed by atoms with van der Waals surface area (Å²) in [6, 6.07) is 8.42. The van der Waals surface area contributed by atoms with Crippen molar-refractivity contribution in [2.24, 2.45) is 0 Å². The van der Waals surface area contributed by atoms with Crippen LogP contribution in [0, 0.1) is 12.7 Å². The van der Waals surface area contributed by atoms with Crippen LogP contribution in [0.25, 0.3) is 11.3 Å². The Morgan fingerprint density at radius 1 is 1.06 bits per heavy atom. The first kappa shape index (κ1) is 15.4. The zero-order valence-electron chi connectivity index (χ0n) is 11.2. The van der Waals surface area contributed by atoms with Gasteiger partial charge in [0.1, 0.15) is 5.82 Å². The van der Waals surface area contributed by atoms with Gasteiger partial charge in [-0.1, -0.05) is 39.8 Å². The molecule has 17 heavy (non-hydrogen) atoms. The van der Waals surface area contributed by atoms with Gasteiger partial charge < -0.3 is 0 Å². The minimum Gasteiger partial charge on any atom is -0.282 e. The maximum absolute atomic E-state index is 13.2. The Bertz CT molecular complexity index is 422. The van der Waals surface area contributed by atoms with E-state index in [1.165, 1.54) is 6.07 Å². The van der Waals surface area contributed by atoms with Gasteiger partial charge >= 0.3 is 0 Å². The molecule has 3 heteroatoms. The lowest BCUT2D eigenvalue weighted by atomic mass is 10.1. The second kappa shape index (κ2) is 8.50.